The topological polar surface area (TPSA) is 20.3 Å². The highest BCUT2D eigenvalue weighted by Crippen LogP contribution is 2.46. The minimum Gasteiger partial charge on any atom is -0.334 e. The van der Waals surface area contributed by atoms with E-state index in [0.717, 1.165) is 42.1 Å². The van der Waals surface area contributed by atoms with Crippen molar-refractivity contribution in [2.24, 2.45) is 0 Å². The lowest BCUT2D eigenvalue weighted by molar-refractivity contribution is 0.0741. The van der Waals surface area contributed by atoms with Crippen molar-refractivity contribution in [2.45, 2.75) is 91.0 Å². The third kappa shape index (κ3) is 4.78. The maximum atomic E-state index is 13.9. The van der Waals surface area contributed by atoms with Gasteiger partial charge in [0.05, 0.1) is 0 Å². The molecule has 0 heterocycles. The molecule has 180 valence electrons. The summed E-state index contributed by atoms with van der Waals surface area (Å²) in [6.07, 6.45) is 5.75. The monoisotopic (exact) mass is 455 g/mol. The molecule has 3 aromatic rings. The normalized spacial score (nSPS) is 16.3. The molecular weight excluding hydrogens is 414 g/mol. The molecule has 3 aromatic carbocycles. The molecule has 0 aromatic heterocycles. The molecule has 0 bridgehead atoms. The Morgan fingerprint density at radius 3 is 2.24 bits per heavy atom. The van der Waals surface area contributed by atoms with E-state index in [1.807, 2.05) is 24.3 Å². The first-order valence-electron chi connectivity index (χ1n) is 13.1. The van der Waals surface area contributed by atoms with Crippen LogP contribution >= 0.6 is 0 Å². The second-order valence-corrected chi connectivity index (χ2v) is 11.6. The van der Waals surface area contributed by atoms with Crippen LogP contribution in [0.3, 0.4) is 0 Å². The summed E-state index contributed by atoms with van der Waals surface area (Å²) >= 11 is 0. The van der Waals surface area contributed by atoms with Crippen molar-refractivity contribution in [2.75, 3.05) is 6.54 Å². The van der Waals surface area contributed by atoms with Crippen molar-refractivity contribution in [3.05, 3.63) is 82.4 Å². The van der Waals surface area contributed by atoms with Crippen molar-refractivity contribution >= 4 is 16.7 Å². The average molecular weight is 456 g/mol. The van der Waals surface area contributed by atoms with Crippen molar-refractivity contribution in [1.29, 1.82) is 0 Å². The number of unbranched alkanes of at least 4 members (excludes halogenated alkanes) is 2. The van der Waals surface area contributed by atoms with Crippen LogP contribution in [0.4, 0.5) is 0 Å². The Morgan fingerprint density at radius 1 is 0.882 bits per heavy atom. The number of nitrogens with zero attached hydrogens (tertiary/aromatic N) is 1. The fraction of sp³-hybridized carbons (Fsp3) is 0.469. The van der Waals surface area contributed by atoms with E-state index in [9.17, 15) is 4.79 Å². The van der Waals surface area contributed by atoms with Gasteiger partial charge in [0.25, 0.3) is 5.91 Å². The molecule has 0 saturated carbocycles. The summed E-state index contributed by atoms with van der Waals surface area (Å²) in [5.41, 5.74) is 6.73. The predicted octanol–water partition coefficient (Wildman–Crippen LogP) is 8.33. The lowest BCUT2D eigenvalue weighted by atomic mass is 9.62. The quantitative estimate of drug-likeness (QED) is 0.328. The van der Waals surface area contributed by atoms with Crippen LogP contribution < -0.4 is 0 Å². The Kier molecular flexibility index (Phi) is 6.90. The standard InChI is InChI=1S/C32H41NO/c1-7-8-11-19-33(30(34)27-16-12-14-24-13-9-10-15-26(24)27)22-25-21-29-28(20-23(25)2)31(3,4)17-18-32(29,5)6/h9-10,12-16,20-21H,7-8,11,17-19,22H2,1-6H3. The molecule has 2 heteroatoms. The minimum absolute atomic E-state index is 0.143. The third-order valence-electron chi connectivity index (χ3n) is 8.01. The van der Waals surface area contributed by atoms with E-state index in [0.29, 0.717) is 6.54 Å². The van der Waals surface area contributed by atoms with Crippen LogP contribution in [0.25, 0.3) is 10.8 Å². The number of carbonyl (C=O) groups excluding carboxylic acids is 1. The summed E-state index contributed by atoms with van der Waals surface area (Å²) in [5, 5.41) is 2.16. The van der Waals surface area contributed by atoms with Gasteiger partial charge < -0.3 is 4.90 Å². The van der Waals surface area contributed by atoms with Crippen molar-refractivity contribution < 1.29 is 4.79 Å². The predicted molar refractivity (Wildman–Crippen MR) is 145 cm³/mol. The van der Waals surface area contributed by atoms with Gasteiger partial charge in [-0.1, -0.05) is 96.0 Å². The van der Waals surface area contributed by atoms with Gasteiger partial charge in [-0.2, -0.15) is 0 Å². The zero-order valence-corrected chi connectivity index (χ0v) is 22.0. The van der Waals surface area contributed by atoms with Crippen molar-refractivity contribution in [3.8, 4) is 0 Å². The highest BCUT2D eigenvalue weighted by atomic mass is 16.2. The summed E-state index contributed by atoms with van der Waals surface area (Å²) in [4.78, 5) is 16.0. The zero-order chi connectivity index (χ0) is 24.5. The largest absolute Gasteiger partial charge is 0.334 e. The van der Waals surface area contributed by atoms with Crippen LogP contribution in [0.15, 0.2) is 54.6 Å². The highest BCUT2D eigenvalue weighted by Gasteiger charge is 2.37. The summed E-state index contributed by atoms with van der Waals surface area (Å²) in [6, 6.07) is 19.1. The van der Waals surface area contributed by atoms with Crippen LogP contribution in [-0.2, 0) is 17.4 Å². The molecule has 0 spiro atoms. The number of aryl methyl sites for hydroxylation is 1. The lowest BCUT2D eigenvalue weighted by Gasteiger charge is -2.42. The maximum Gasteiger partial charge on any atom is 0.254 e. The number of benzene rings is 3. The van der Waals surface area contributed by atoms with Crippen molar-refractivity contribution in [3.63, 3.8) is 0 Å². The minimum atomic E-state index is 0.143. The van der Waals surface area contributed by atoms with E-state index in [4.69, 9.17) is 0 Å². The van der Waals surface area contributed by atoms with Crippen LogP contribution in [0.2, 0.25) is 0 Å². The fourth-order valence-corrected chi connectivity index (χ4v) is 5.53. The number of carbonyl (C=O) groups is 1. The molecule has 2 nitrogen and oxygen atoms in total. The van der Waals surface area contributed by atoms with Gasteiger partial charge in [-0.05, 0) is 76.1 Å². The molecule has 0 aliphatic heterocycles. The van der Waals surface area contributed by atoms with E-state index in [1.165, 1.54) is 35.1 Å². The van der Waals surface area contributed by atoms with E-state index in [-0.39, 0.29) is 16.7 Å². The Bertz CT molecular complexity index is 1180. The highest BCUT2D eigenvalue weighted by molar-refractivity contribution is 6.07. The van der Waals surface area contributed by atoms with Gasteiger partial charge in [0.1, 0.15) is 0 Å². The Labute approximate surface area is 206 Å². The number of rotatable bonds is 7. The molecule has 0 unspecified atom stereocenters. The van der Waals surface area contributed by atoms with Gasteiger partial charge in [-0.15, -0.1) is 0 Å². The van der Waals surface area contributed by atoms with Gasteiger partial charge in [0, 0.05) is 18.7 Å². The van der Waals surface area contributed by atoms with E-state index < -0.39 is 0 Å². The van der Waals surface area contributed by atoms with Gasteiger partial charge in [0.2, 0.25) is 0 Å². The van der Waals surface area contributed by atoms with E-state index in [2.05, 4.69) is 76.8 Å². The van der Waals surface area contributed by atoms with Crippen LogP contribution in [-0.4, -0.2) is 17.4 Å². The van der Waals surface area contributed by atoms with Gasteiger partial charge in [-0.3, -0.25) is 4.79 Å². The summed E-state index contributed by atoms with van der Waals surface area (Å²) in [6.45, 7) is 15.4. The van der Waals surface area contributed by atoms with E-state index in [1.54, 1.807) is 0 Å². The first-order chi connectivity index (χ1) is 16.1. The number of hydrogen-bond donors (Lipinski definition) is 0. The number of fused-ring (bicyclic) bond motifs is 2. The smallest absolute Gasteiger partial charge is 0.254 e. The summed E-state index contributed by atoms with van der Waals surface area (Å²) in [5.74, 6) is 0.143. The van der Waals surface area contributed by atoms with Gasteiger partial charge in [0.15, 0.2) is 0 Å². The summed E-state index contributed by atoms with van der Waals surface area (Å²) in [7, 11) is 0. The Hall–Kier alpha value is -2.61. The molecule has 4 rings (SSSR count). The SMILES string of the molecule is CCCCCN(Cc1cc2c(cc1C)C(C)(C)CCC2(C)C)C(=O)c1cccc2ccccc12. The molecule has 0 fully saturated rings. The second kappa shape index (κ2) is 9.56. The van der Waals surface area contributed by atoms with E-state index >= 15 is 0 Å². The fourth-order valence-electron chi connectivity index (χ4n) is 5.53. The van der Waals surface area contributed by atoms with Crippen LogP contribution in [0, 0.1) is 6.92 Å². The molecular formula is C32H41NO. The first-order valence-corrected chi connectivity index (χ1v) is 13.1. The summed E-state index contributed by atoms with van der Waals surface area (Å²) < 4.78 is 0. The third-order valence-corrected chi connectivity index (χ3v) is 8.01. The first kappa shape index (κ1) is 24.5. The average Bonchev–Trinajstić information content (AvgIpc) is 2.81. The number of hydrogen-bond acceptors (Lipinski definition) is 1. The molecule has 1 aliphatic carbocycles. The Morgan fingerprint density at radius 2 is 1.53 bits per heavy atom. The zero-order valence-electron chi connectivity index (χ0n) is 22.0. The molecule has 0 saturated heterocycles. The van der Waals surface area contributed by atoms with Crippen LogP contribution in [0.1, 0.15) is 99.3 Å². The number of amides is 1. The maximum absolute atomic E-state index is 13.9. The molecule has 34 heavy (non-hydrogen) atoms. The van der Waals surface area contributed by atoms with Gasteiger partial charge in [-0.25, -0.2) is 0 Å². The molecule has 1 amide bonds. The van der Waals surface area contributed by atoms with Gasteiger partial charge >= 0.3 is 0 Å². The lowest BCUT2D eigenvalue weighted by Crippen LogP contribution is -2.35. The molecule has 0 radical (unpaired) electrons. The Balaban J connectivity index is 1.72. The van der Waals surface area contributed by atoms with Crippen molar-refractivity contribution in [1.82, 2.24) is 4.90 Å². The molecule has 1 aliphatic rings. The molecule has 0 N–H and O–H groups in total. The molecule has 0 atom stereocenters. The second-order valence-electron chi connectivity index (χ2n) is 11.6. The van der Waals surface area contributed by atoms with Crippen LogP contribution in [0.5, 0.6) is 0 Å².